The fourth-order valence-electron chi connectivity index (χ4n) is 3.55. The van der Waals surface area contributed by atoms with Gasteiger partial charge in [0.1, 0.15) is 0 Å². The first kappa shape index (κ1) is 13.9. The minimum absolute atomic E-state index is 0.0369. The van der Waals surface area contributed by atoms with Gasteiger partial charge in [-0.1, -0.05) is 42.5 Å². The van der Waals surface area contributed by atoms with Crippen LogP contribution in [0.4, 0.5) is 0 Å². The maximum absolute atomic E-state index is 11.7. The van der Waals surface area contributed by atoms with Crippen LogP contribution in [0.15, 0.2) is 49.1 Å². The van der Waals surface area contributed by atoms with Gasteiger partial charge >= 0.3 is 0 Å². The minimum atomic E-state index is 0.0369. The molecule has 2 aromatic carbocycles. The lowest BCUT2D eigenvalue weighted by Gasteiger charge is -2.34. The second kappa shape index (κ2) is 5.72. The van der Waals surface area contributed by atoms with Gasteiger partial charge in [0.25, 0.3) is 0 Å². The lowest BCUT2D eigenvalue weighted by atomic mass is 9.76. The van der Waals surface area contributed by atoms with E-state index in [1.807, 2.05) is 6.08 Å². The molecule has 0 saturated carbocycles. The highest BCUT2D eigenvalue weighted by Gasteiger charge is 2.30. The van der Waals surface area contributed by atoms with Gasteiger partial charge in [-0.2, -0.15) is 0 Å². The van der Waals surface area contributed by atoms with Gasteiger partial charge in [-0.15, -0.1) is 6.58 Å². The van der Waals surface area contributed by atoms with Crippen molar-refractivity contribution in [1.29, 1.82) is 0 Å². The van der Waals surface area contributed by atoms with E-state index < -0.39 is 0 Å². The van der Waals surface area contributed by atoms with Gasteiger partial charge in [-0.3, -0.25) is 4.79 Å². The standard InChI is InChI=1S/C19H21NO/c1-3-6-16-12-11-15-10-9-14-7-4-5-8-17(14)18(15)19(16)20-13(2)21/h3-5,7-10,16,19H,1,6,11-12H2,2H3,(H,20,21). The number of fused-ring (bicyclic) bond motifs is 3. The number of benzene rings is 2. The molecule has 0 radical (unpaired) electrons. The van der Waals surface area contributed by atoms with Crippen molar-refractivity contribution in [2.75, 3.05) is 0 Å². The first-order valence-corrected chi connectivity index (χ1v) is 7.59. The molecule has 2 aromatic rings. The molecule has 1 aliphatic rings. The maximum Gasteiger partial charge on any atom is 0.217 e. The Kier molecular flexibility index (Phi) is 3.78. The van der Waals surface area contributed by atoms with E-state index in [2.05, 4.69) is 48.3 Å². The highest BCUT2D eigenvalue weighted by molar-refractivity contribution is 5.88. The van der Waals surface area contributed by atoms with Crippen LogP contribution in [-0.2, 0) is 11.2 Å². The van der Waals surface area contributed by atoms with Gasteiger partial charge in [0.05, 0.1) is 6.04 Å². The van der Waals surface area contributed by atoms with Gasteiger partial charge in [-0.05, 0) is 47.1 Å². The van der Waals surface area contributed by atoms with Crippen LogP contribution in [0.1, 0.15) is 36.9 Å². The molecule has 0 spiro atoms. The van der Waals surface area contributed by atoms with Crippen molar-refractivity contribution in [3.8, 4) is 0 Å². The largest absolute Gasteiger partial charge is 0.349 e. The monoisotopic (exact) mass is 279 g/mol. The zero-order chi connectivity index (χ0) is 14.8. The van der Waals surface area contributed by atoms with E-state index in [1.165, 1.54) is 21.9 Å². The summed E-state index contributed by atoms with van der Waals surface area (Å²) in [7, 11) is 0. The molecule has 1 amide bonds. The Morgan fingerprint density at radius 3 is 2.90 bits per heavy atom. The van der Waals surface area contributed by atoms with Crippen LogP contribution in [0.2, 0.25) is 0 Å². The molecule has 0 heterocycles. The fourth-order valence-corrected chi connectivity index (χ4v) is 3.55. The van der Waals surface area contributed by atoms with E-state index in [4.69, 9.17) is 0 Å². The molecule has 108 valence electrons. The smallest absolute Gasteiger partial charge is 0.217 e. The van der Waals surface area contributed by atoms with Crippen molar-refractivity contribution in [2.45, 2.75) is 32.2 Å². The topological polar surface area (TPSA) is 29.1 Å². The fraction of sp³-hybridized carbons (Fsp3) is 0.316. The molecule has 1 aliphatic carbocycles. The van der Waals surface area contributed by atoms with Crippen LogP contribution in [0, 0.1) is 5.92 Å². The number of hydrogen-bond acceptors (Lipinski definition) is 1. The third kappa shape index (κ3) is 2.58. The van der Waals surface area contributed by atoms with Crippen LogP contribution < -0.4 is 5.32 Å². The highest BCUT2D eigenvalue weighted by Crippen LogP contribution is 2.40. The number of nitrogens with one attached hydrogen (secondary N) is 1. The number of amides is 1. The quantitative estimate of drug-likeness (QED) is 0.840. The van der Waals surface area contributed by atoms with E-state index in [-0.39, 0.29) is 11.9 Å². The highest BCUT2D eigenvalue weighted by atomic mass is 16.1. The summed E-state index contributed by atoms with van der Waals surface area (Å²) in [5.41, 5.74) is 2.68. The molecule has 2 unspecified atom stereocenters. The zero-order valence-corrected chi connectivity index (χ0v) is 12.4. The normalized spacial score (nSPS) is 20.8. The Morgan fingerprint density at radius 1 is 1.33 bits per heavy atom. The molecule has 0 aromatic heterocycles. The number of aryl methyl sites for hydroxylation is 1. The van der Waals surface area contributed by atoms with Crippen molar-refractivity contribution in [3.05, 3.63) is 60.2 Å². The Hall–Kier alpha value is -2.09. The van der Waals surface area contributed by atoms with Gasteiger partial charge in [-0.25, -0.2) is 0 Å². The third-order valence-corrected chi connectivity index (χ3v) is 4.46. The second-order valence-corrected chi connectivity index (χ2v) is 5.86. The van der Waals surface area contributed by atoms with Crippen molar-refractivity contribution in [1.82, 2.24) is 5.32 Å². The predicted molar refractivity (Wildman–Crippen MR) is 87.1 cm³/mol. The van der Waals surface area contributed by atoms with Crippen LogP contribution in [0.5, 0.6) is 0 Å². The van der Waals surface area contributed by atoms with Crippen LogP contribution >= 0.6 is 0 Å². The summed E-state index contributed by atoms with van der Waals surface area (Å²) in [6.07, 6.45) is 5.08. The van der Waals surface area contributed by atoms with E-state index >= 15 is 0 Å². The summed E-state index contributed by atoms with van der Waals surface area (Å²) >= 11 is 0. The molecule has 2 nitrogen and oxygen atoms in total. The van der Waals surface area contributed by atoms with Gasteiger partial charge in [0, 0.05) is 6.92 Å². The number of carbonyl (C=O) groups excluding carboxylic acids is 1. The van der Waals surface area contributed by atoms with Crippen LogP contribution in [0.25, 0.3) is 10.8 Å². The van der Waals surface area contributed by atoms with Crippen LogP contribution in [-0.4, -0.2) is 5.91 Å². The Morgan fingerprint density at radius 2 is 2.14 bits per heavy atom. The van der Waals surface area contributed by atoms with Crippen molar-refractivity contribution < 1.29 is 4.79 Å². The average molecular weight is 279 g/mol. The Bertz CT molecular complexity index is 689. The van der Waals surface area contributed by atoms with Gasteiger partial charge in [0.2, 0.25) is 5.91 Å². The van der Waals surface area contributed by atoms with Gasteiger partial charge < -0.3 is 5.32 Å². The summed E-state index contributed by atoms with van der Waals surface area (Å²) < 4.78 is 0. The molecule has 0 saturated heterocycles. The zero-order valence-electron chi connectivity index (χ0n) is 12.4. The summed E-state index contributed by atoms with van der Waals surface area (Å²) in [4.78, 5) is 11.7. The molecule has 0 fully saturated rings. The Labute approximate surface area is 125 Å². The molecule has 1 N–H and O–H groups in total. The lowest BCUT2D eigenvalue weighted by molar-refractivity contribution is -0.120. The Balaban J connectivity index is 2.16. The van der Waals surface area contributed by atoms with Crippen molar-refractivity contribution >= 4 is 16.7 Å². The predicted octanol–water partition coefficient (Wildman–Crippen LogP) is 4.16. The van der Waals surface area contributed by atoms with E-state index in [9.17, 15) is 4.79 Å². The van der Waals surface area contributed by atoms with E-state index in [1.54, 1.807) is 6.92 Å². The minimum Gasteiger partial charge on any atom is -0.349 e. The van der Waals surface area contributed by atoms with Crippen molar-refractivity contribution in [3.63, 3.8) is 0 Å². The first-order valence-electron chi connectivity index (χ1n) is 7.59. The molecule has 3 rings (SSSR count). The molecule has 21 heavy (non-hydrogen) atoms. The second-order valence-electron chi connectivity index (χ2n) is 5.86. The number of carbonyl (C=O) groups is 1. The molecule has 2 atom stereocenters. The first-order chi connectivity index (χ1) is 10.2. The number of hydrogen-bond donors (Lipinski definition) is 1. The molecule has 0 aliphatic heterocycles. The van der Waals surface area contributed by atoms with Crippen LogP contribution in [0.3, 0.4) is 0 Å². The van der Waals surface area contributed by atoms with Crippen molar-refractivity contribution in [2.24, 2.45) is 5.92 Å². The maximum atomic E-state index is 11.7. The summed E-state index contributed by atoms with van der Waals surface area (Å²) in [5, 5.41) is 5.69. The van der Waals surface area contributed by atoms with E-state index in [0.29, 0.717) is 5.92 Å². The molecule has 0 bridgehead atoms. The molecular formula is C19H21NO. The lowest BCUT2D eigenvalue weighted by Crippen LogP contribution is -2.35. The van der Waals surface area contributed by atoms with Gasteiger partial charge in [0.15, 0.2) is 0 Å². The molecular weight excluding hydrogens is 258 g/mol. The summed E-state index contributed by atoms with van der Waals surface area (Å²) in [5.74, 6) is 0.472. The molecule has 2 heteroatoms. The van der Waals surface area contributed by atoms with E-state index in [0.717, 1.165) is 19.3 Å². The SMILES string of the molecule is C=CCC1CCc2ccc3ccccc3c2C1NC(C)=O. The average Bonchev–Trinajstić information content (AvgIpc) is 2.49. The summed E-state index contributed by atoms with van der Waals surface area (Å²) in [6, 6.07) is 12.9. The third-order valence-electron chi connectivity index (χ3n) is 4.46. The number of allylic oxidation sites excluding steroid dienone is 1. The number of rotatable bonds is 3. The summed E-state index contributed by atoms with van der Waals surface area (Å²) in [6.45, 7) is 5.48.